The minimum atomic E-state index is 0. The van der Waals surface area contributed by atoms with Crippen LogP contribution < -0.4 is 5.32 Å². The third kappa shape index (κ3) is 4.63. The van der Waals surface area contributed by atoms with Crippen LogP contribution in [0, 0.1) is 0 Å². The lowest BCUT2D eigenvalue weighted by Crippen LogP contribution is -2.05. The van der Waals surface area contributed by atoms with Crippen LogP contribution in [0.4, 0.5) is 5.69 Å². The normalized spacial score (nSPS) is 16.3. The Hall–Kier alpha value is -0.0200. The summed E-state index contributed by atoms with van der Waals surface area (Å²) in [6.45, 7) is 0.989. The standard InChI is InChI=1S/C14H20BrN.BrH/c15-10-11-16-14-8-6-13(7-9-14)12-4-2-1-3-5-12;/h6-9,12,16H,1-5,10-11H2;1H. The van der Waals surface area contributed by atoms with E-state index in [-0.39, 0.29) is 17.0 Å². The van der Waals surface area contributed by atoms with E-state index in [1.807, 2.05) is 0 Å². The average molecular weight is 363 g/mol. The molecule has 1 nitrogen and oxygen atoms in total. The van der Waals surface area contributed by atoms with Crippen molar-refractivity contribution in [3.63, 3.8) is 0 Å². The summed E-state index contributed by atoms with van der Waals surface area (Å²) < 4.78 is 0. The molecule has 17 heavy (non-hydrogen) atoms. The van der Waals surface area contributed by atoms with Crippen molar-refractivity contribution >= 4 is 38.6 Å². The molecule has 0 unspecified atom stereocenters. The van der Waals surface area contributed by atoms with Crippen LogP contribution >= 0.6 is 32.9 Å². The number of nitrogens with one attached hydrogen (secondary N) is 1. The van der Waals surface area contributed by atoms with Crippen LogP contribution in [0.2, 0.25) is 0 Å². The summed E-state index contributed by atoms with van der Waals surface area (Å²) in [5.74, 6) is 0.818. The predicted molar refractivity (Wildman–Crippen MR) is 84.9 cm³/mol. The van der Waals surface area contributed by atoms with Gasteiger partial charge in [-0.1, -0.05) is 47.3 Å². The van der Waals surface area contributed by atoms with Crippen molar-refractivity contribution in [1.29, 1.82) is 0 Å². The second kappa shape index (κ2) is 8.15. The summed E-state index contributed by atoms with van der Waals surface area (Å²) >= 11 is 3.42. The fourth-order valence-corrected chi connectivity index (χ4v) is 2.70. The molecule has 0 aliphatic heterocycles. The molecule has 1 aliphatic carbocycles. The summed E-state index contributed by atoms with van der Waals surface area (Å²) in [7, 11) is 0. The molecule has 0 aromatic heterocycles. The summed E-state index contributed by atoms with van der Waals surface area (Å²) in [5, 5.41) is 4.37. The van der Waals surface area contributed by atoms with Gasteiger partial charge in [0.1, 0.15) is 0 Å². The quantitative estimate of drug-likeness (QED) is 0.733. The molecule has 1 aliphatic rings. The van der Waals surface area contributed by atoms with Gasteiger partial charge in [-0.2, -0.15) is 0 Å². The SMILES string of the molecule is Br.BrCCNc1ccc(C2CCCCC2)cc1. The first-order valence-electron chi connectivity index (χ1n) is 6.30. The van der Waals surface area contributed by atoms with Crippen LogP contribution in [0.3, 0.4) is 0 Å². The third-order valence-corrected chi connectivity index (χ3v) is 3.81. The highest BCUT2D eigenvalue weighted by atomic mass is 79.9. The van der Waals surface area contributed by atoms with Crippen LogP contribution in [0.25, 0.3) is 0 Å². The maximum atomic E-state index is 3.42. The van der Waals surface area contributed by atoms with Crippen molar-refractivity contribution in [1.82, 2.24) is 0 Å². The molecule has 0 atom stereocenters. The van der Waals surface area contributed by atoms with E-state index in [1.54, 1.807) is 0 Å². The minimum absolute atomic E-state index is 0. The Kier molecular flexibility index (Phi) is 7.21. The summed E-state index contributed by atoms with van der Waals surface area (Å²) in [4.78, 5) is 0. The van der Waals surface area contributed by atoms with E-state index in [0.29, 0.717) is 0 Å². The third-order valence-electron chi connectivity index (χ3n) is 3.41. The van der Waals surface area contributed by atoms with E-state index in [0.717, 1.165) is 17.8 Å². The molecular weight excluding hydrogens is 342 g/mol. The first-order valence-corrected chi connectivity index (χ1v) is 7.42. The van der Waals surface area contributed by atoms with Gasteiger partial charge < -0.3 is 5.32 Å². The Balaban J connectivity index is 0.00000144. The molecular formula is C14H21Br2N. The van der Waals surface area contributed by atoms with Gasteiger partial charge in [-0.25, -0.2) is 0 Å². The van der Waals surface area contributed by atoms with Crippen molar-refractivity contribution in [2.24, 2.45) is 0 Å². The Morgan fingerprint density at radius 1 is 1.06 bits per heavy atom. The zero-order valence-electron chi connectivity index (χ0n) is 10.1. The fourth-order valence-electron chi connectivity index (χ4n) is 2.50. The highest BCUT2D eigenvalue weighted by molar-refractivity contribution is 9.09. The van der Waals surface area contributed by atoms with Gasteiger partial charge in [0, 0.05) is 17.6 Å². The molecule has 1 aromatic rings. The zero-order chi connectivity index (χ0) is 11.2. The number of hydrogen-bond acceptors (Lipinski definition) is 1. The van der Waals surface area contributed by atoms with E-state index >= 15 is 0 Å². The summed E-state index contributed by atoms with van der Waals surface area (Å²) in [5.41, 5.74) is 2.77. The van der Waals surface area contributed by atoms with Crippen molar-refractivity contribution in [3.8, 4) is 0 Å². The molecule has 2 rings (SSSR count). The molecule has 0 amide bonds. The van der Waals surface area contributed by atoms with Gasteiger partial charge in [-0.15, -0.1) is 17.0 Å². The van der Waals surface area contributed by atoms with E-state index in [1.165, 1.54) is 43.4 Å². The molecule has 1 saturated carbocycles. The van der Waals surface area contributed by atoms with Gasteiger partial charge in [0.25, 0.3) is 0 Å². The number of halogens is 2. The maximum absolute atomic E-state index is 3.42. The minimum Gasteiger partial charge on any atom is -0.384 e. The molecule has 3 heteroatoms. The maximum Gasteiger partial charge on any atom is 0.0340 e. The second-order valence-electron chi connectivity index (χ2n) is 4.57. The first-order chi connectivity index (χ1) is 7.90. The Bertz CT molecular complexity index is 305. The molecule has 0 saturated heterocycles. The van der Waals surface area contributed by atoms with E-state index in [9.17, 15) is 0 Å². The number of alkyl halides is 1. The molecule has 0 radical (unpaired) electrons. The van der Waals surface area contributed by atoms with Crippen LogP contribution in [-0.4, -0.2) is 11.9 Å². The number of benzene rings is 1. The van der Waals surface area contributed by atoms with Crippen molar-refractivity contribution < 1.29 is 0 Å². The molecule has 0 spiro atoms. The van der Waals surface area contributed by atoms with Crippen LogP contribution in [0.1, 0.15) is 43.6 Å². The number of anilines is 1. The van der Waals surface area contributed by atoms with E-state index < -0.39 is 0 Å². The van der Waals surface area contributed by atoms with E-state index in [4.69, 9.17) is 0 Å². The van der Waals surface area contributed by atoms with Gasteiger partial charge in [0.2, 0.25) is 0 Å². The zero-order valence-corrected chi connectivity index (χ0v) is 13.4. The van der Waals surface area contributed by atoms with Gasteiger partial charge in [-0.05, 0) is 36.5 Å². The van der Waals surface area contributed by atoms with Crippen LogP contribution in [0.15, 0.2) is 24.3 Å². The smallest absolute Gasteiger partial charge is 0.0340 e. The second-order valence-corrected chi connectivity index (χ2v) is 5.37. The lowest BCUT2D eigenvalue weighted by Gasteiger charge is -2.22. The topological polar surface area (TPSA) is 12.0 Å². The highest BCUT2D eigenvalue weighted by Crippen LogP contribution is 2.32. The van der Waals surface area contributed by atoms with Crippen molar-refractivity contribution in [3.05, 3.63) is 29.8 Å². The fraction of sp³-hybridized carbons (Fsp3) is 0.571. The van der Waals surface area contributed by atoms with Gasteiger partial charge >= 0.3 is 0 Å². The molecule has 0 heterocycles. The van der Waals surface area contributed by atoms with Gasteiger partial charge in [-0.3, -0.25) is 0 Å². The van der Waals surface area contributed by atoms with E-state index in [2.05, 4.69) is 45.5 Å². The average Bonchev–Trinajstić information content (AvgIpc) is 2.38. The summed E-state index contributed by atoms with van der Waals surface area (Å²) in [6.07, 6.45) is 7.02. The molecule has 0 bridgehead atoms. The summed E-state index contributed by atoms with van der Waals surface area (Å²) in [6, 6.07) is 9.03. The Morgan fingerprint density at radius 2 is 1.71 bits per heavy atom. The Labute approximate surface area is 123 Å². The van der Waals surface area contributed by atoms with Crippen LogP contribution in [-0.2, 0) is 0 Å². The largest absolute Gasteiger partial charge is 0.384 e. The highest BCUT2D eigenvalue weighted by Gasteiger charge is 2.14. The molecule has 1 N–H and O–H groups in total. The molecule has 1 fully saturated rings. The molecule has 1 aromatic carbocycles. The predicted octanol–water partition coefficient (Wildman–Crippen LogP) is 5.12. The Morgan fingerprint density at radius 3 is 2.29 bits per heavy atom. The monoisotopic (exact) mass is 361 g/mol. The number of hydrogen-bond donors (Lipinski definition) is 1. The number of rotatable bonds is 4. The first kappa shape index (κ1) is 15.0. The van der Waals surface area contributed by atoms with Crippen molar-refractivity contribution in [2.45, 2.75) is 38.0 Å². The van der Waals surface area contributed by atoms with Crippen molar-refractivity contribution in [2.75, 3.05) is 17.2 Å². The lowest BCUT2D eigenvalue weighted by atomic mass is 9.84. The van der Waals surface area contributed by atoms with Crippen LogP contribution in [0.5, 0.6) is 0 Å². The van der Waals surface area contributed by atoms with Gasteiger partial charge in [0.05, 0.1) is 0 Å². The van der Waals surface area contributed by atoms with Gasteiger partial charge in [0.15, 0.2) is 0 Å². The molecule has 96 valence electrons. The lowest BCUT2D eigenvalue weighted by molar-refractivity contribution is 0.443.